The Labute approximate surface area is 126 Å². The lowest BCUT2D eigenvalue weighted by atomic mass is 10.0. The third-order valence-corrected chi connectivity index (χ3v) is 3.72. The maximum Gasteiger partial charge on any atom is 0.407 e. The van der Waals surface area contributed by atoms with Gasteiger partial charge in [0.25, 0.3) is 0 Å². The van der Waals surface area contributed by atoms with E-state index >= 15 is 0 Å². The molecule has 1 saturated carbocycles. The zero-order valence-corrected chi connectivity index (χ0v) is 13.1. The summed E-state index contributed by atoms with van der Waals surface area (Å²) in [5, 5.41) is 6.44. The number of hydrogen-bond donors (Lipinski definition) is 2. The highest BCUT2D eigenvalue weighted by atomic mass is 16.6. The number of ether oxygens (including phenoxy) is 1. The van der Waals surface area contributed by atoms with Gasteiger partial charge in [-0.25, -0.2) is 4.79 Å². The molecule has 2 atom stereocenters. The topological polar surface area (TPSA) is 63.5 Å². The van der Waals surface area contributed by atoms with E-state index in [0.717, 1.165) is 24.9 Å². The third-order valence-electron chi connectivity index (χ3n) is 3.72. The summed E-state index contributed by atoms with van der Waals surface area (Å²) in [5.74, 6) is 0.462. The Kier molecular flexibility index (Phi) is 5.28. The molecular formula is C16H26N2O3. The van der Waals surface area contributed by atoms with E-state index in [0.29, 0.717) is 18.5 Å². The van der Waals surface area contributed by atoms with E-state index < -0.39 is 5.60 Å². The lowest BCUT2D eigenvalue weighted by Crippen LogP contribution is -2.40. The van der Waals surface area contributed by atoms with E-state index in [1.165, 1.54) is 6.42 Å². The molecule has 0 saturated heterocycles. The van der Waals surface area contributed by atoms with Crippen LogP contribution >= 0.6 is 0 Å². The maximum absolute atomic E-state index is 11.7. The first-order chi connectivity index (χ1) is 9.94. The molecule has 1 fully saturated rings. The highest BCUT2D eigenvalue weighted by Gasteiger charge is 2.27. The van der Waals surface area contributed by atoms with Crippen molar-refractivity contribution in [2.24, 2.45) is 5.92 Å². The van der Waals surface area contributed by atoms with Crippen molar-refractivity contribution < 1.29 is 13.9 Å². The predicted octanol–water partition coefficient (Wildman–Crippen LogP) is 3.06. The quantitative estimate of drug-likeness (QED) is 0.876. The Balaban J connectivity index is 1.73. The van der Waals surface area contributed by atoms with E-state index in [2.05, 4.69) is 10.6 Å². The van der Waals surface area contributed by atoms with Crippen LogP contribution in [0, 0.1) is 5.92 Å². The second kappa shape index (κ2) is 6.98. The SMILES string of the molecule is CC(C)(C)OC(=O)NCC1CCCC1NCc1ccoc1. The first kappa shape index (κ1) is 15.9. The molecule has 5 heteroatoms. The van der Waals surface area contributed by atoms with Crippen molar-refractivity contribution in [3.63, 3.8) is 0 Å². The minimum Gasteiger partial charge on any atom is -0.472 e. The largest absolute Gasteiger partial charge is 0.472 e. The van der Waals surface area contributed by atoms with Crippen LogP contribution in [0.25, 0.3) is 0 Å². The predicted molar refractivity (Wildman–Crippen MR) is 80.9 cm³/mol. The van der Waals surface area contributed by atoms with Crippen molar-refractivity contribution >= 4 is 6.09 Å². The van der Waals surface area contributed by atoms with Gasteiger partial charge in [0.15, 0.2) is 0 Å². The highest BCUT2D eigenvalue weighted by Crippen LogP contribution is 2.25. The number of carbonyl (C=O) groups is 1. The minimum absolute atomic E-state index is 0.331. The summed E-state index contributed by atoms with van der Waals surface area (Å²) in [5.41, 5.74) is 0.708. The van der Waals surface area contributed by atoms with E-state index in [9.17, 15) is 4.79 Å². The zero-order chi connectivity index (χ0) is 15.3. The fourth-order valence-electron chi connectivity index (χ4n) is 2.72. The summed E-state index contributed by atoms with van der Waals surface area (Å²) in [6, 6.07) is 2.41. The molecule has 0 radical (unpaired) electrons. The molecule has 1 aliphatic rings. The van der Waals surface area contributed by atoms with E-state index in [-0.39, 0.29) is 6.09 Å². The Hall–Kier alpha value is -1.49. The van der Waals surface area contributed by atoms with Crippen LogP contribution in [0.2, 0.25) is 0 Å². The average molecular weight is 294 g/mol. The number of alkyl carbamates (subject to hydrolysis) is 1. The normalized spacial score (nSPS) is 22.2. The lowest BCUT2D eigenvalue weighted by Gasteiger charge is -2.23. The van der Waals surface area contributed by atoms with Gasteiger partial charge in [0.05, 0.1) is 12.5 Å². The van der Waals surface area contributed by atoms with E-state index in [1.807, 2.05) is 26.8 Å². The molecule has 1 aromatic heterocycles. The molecule has 21 heavy (non-hydrogen) atoms. The molecule has 2 unspecified atom stereocenters. The molecule has 0 spiro atoms. The number of rotatable bonds is 5. The van der Waals surface area contributed by atoms with Crippen LogP contribution in [0.15, 0.2) is 23.0 Å². The molecule has 0 aliphatic heterocycles. The smallest absolute Gasteiger partial charge is 0.407 e. The number of hydrogen-bond acceptors (Lipinski definition) is 4. The van der Waals surface area contributed by atoms with Gasteiger partial charge in [0.1, 0.15) is 5.60 Å². The number of nitrogens with one attached hydrogen (secondary N) is 2. The fourth-order valence-corrected chi connectivity index (χ4v) is 2.72. The van der Waals surface area contributed by atoms with Crippen molar-refractivity contribution in [2.45, 2.75) is 58.2 Å². The van der Waals surface area contributed by atoms with Crippen LogP contribution in [0.3, 0.4) is 0 Å². The lowest BCUT2D eigenvalue weighted by molar-refractivity contribution is 0.0517. The molecule has 5 nitrogen and oxygen atoms in total. The standard InChI is InChI=1S/C16H26N2O3/c1-16(2,3)21-15(19)18-10-13-5-4-6-14(13)17-9-12-7-8-20-11-12/h7-8,11,13-14,17H,4-6,9-10H2,1-3H3,(H,18,19). The molecule has 118 valence electrons. The molecule has 1 aromatic rings. The fraction of sp³-hybridized carbons (Fsp3) is 0.688. The van der Waals surface area contributed by atoms with Crippen LogP contribution in [0.5, 0.6) is 0 Å². The van der Waals surface area contributed by atoms with Crippen LogP contribution < -0.4 is 10.6 Å². The first-order valence-electron chi connectivity index (χ1n) is 7.65. The molecule has 0 aromatic carbocycles. The molecule has 1 heterocycles. The van der Waals surface area contributed by atoms with Crippen molar-refractivity contribution in [3.8, 4) is 0 Å². The summed E-state index contributed by atoms with van der Waals surface area (Å²) in [7, 11) is 0. The van der Waals surface area contributed by atoms with E-state index in [1.54, 1.807) is 12.5 Å². The third kappa shape index (κ3) is 5.42. The number of amides is 1. The van der Waals surface area contributed by atoms with Crippen molar-refractivity contribution in [1.29, 1.82) is 0 Å². The molecule has 1 aliphatic carbocycles. The summed E-state index contributed by atoms with van der Waals surface area (Å²) in [6.07, 6.45) is 6.60. The summed E-state index contributed by atoms with van der Waals surface area (Å²) < 4.78 is 10.3. The summed E-state index contributed by atoms with van der Waals surface area (Å²) in [4.78, 5) is 11.7. The van der Waals surface area contributed by atoms with Gasteiger partial charge < -0.3 is 19.8 Å². The van der Waals surface area contributed by atoms with Gasteiger partial charge in [-0.3, -0.25) is 0 Å². The van der Waals surface area contributed by atoms with Gasteiger partial charge in [-0.1, -0.05) is 6.42 Å². The Morgan fingerprint density at radius 1 is 1.43 bits per heavy atom. The maximum atomic E-state index is 11.7. The van der Waals surface area contributed by atoms with Crippen LogP contribution in [-0.4, -0.2) is 24.3 Å². The van der Waals surface area contributed by atoms with Gasteiger partial charge >= 0.3 is 6.09 Å². The Morgan fingerprint density at radius 3 is 2.90 bits per heavy atom. The molecule has 2 N–H and O–H groups in total. The first-order valence-corrected chi connectivity index (χ1v) is 7.65. The van der Waals surface area contributed by atoms with Gasteiger partial charge in [-0.15, -0.1) is 0 Å². The second-order valence-corrected chi connectivity index (χ2v) is 6.69. The molecule has 1 amide bonds. The summed E-state index contributed by atoms with van der Waals surface area (Å²) >= 11 is 0. The minimum atomic E-state index is -0.446. The Morgan fingerprint density at radius 2 is 2.24 bits per heavy atom. The zero-order valence-electron chi connectivity index (χ0n) is 13.1. The van der Waals surface area contributed by atoms with E-state index in [4.69, 9.17) is 9.15 Å². The van der Waals surface area contributed by atoms with Crippen molar-refractivity contribution in [1.82, 2.24) is 10.6 Å². The highest BCUT2D eigenvalue weighted by molar-refractivity contribution is 5.67. The number of furan rings is 1. The molecule has 2 rings (SSSR count). The van der Waals surface area contributed by atoms with Gasteiger partial charge in [0, 0.05) is 24.7 Å². The second-order valence-electron chi connectivity index (χ2n) is 6.69. The van der Waals surface area contributed by atoms with Crippen molar-refractivity contribution in [2.75, 3.05) is 6.54 Å². The van der Waals surface area contributed by atoms with Gasteiger partial charge in [0.2, 0.25) is 0 Å². The monoisotopic (exact) mass is 294 g/mol. The Bertz CT molecular complexity index is 437. The average Bonchev–Trinajstić information content (AvgIpc) is 3.03. The van der Waals surface area contributed by atoms with Crippen LogP contribution in [0.4, 0.5) is 4.79 Å². The molecule has 0 bridgehead atoms. The van der Waals surface area contributed by atoms with Crippen LogP contribution in [0.1, 0.15) is 45.6 Å². The number of carbonyl (C=O) groups excluding carboxylic acids is 1. The van der Waals surface area contributed by atoms with Gasteiger partial charge in [-0.05, 0) is 45.6 Å². The van der Waals surface area contributed by atoms with Crippen LogP contribution in [-0.2, 0) is 11.3 Å². The molecular weight excluding hydrogens is 268 g/mol. The summed E-state index contributed by atoms with van der Waals surface area (Å²) in [6.45, 7) is 7.09. The van der Waals surface area contributed by atoms with Crippen molar-refractivity contribution in [3.05, 3.63) is 24.2 Å². The van der Waals surface area contributed by atoms with Gasteiger partial charge in [-0.2, -0.15) is 0 Å².